The molecule has 0 bridgehead atoms. The van der Waals surface area contributed by atoms with Crippen molar-refractivity contribution in [1.82, 2.24) is 9.88 Å². The fourth-order valence-electron chi connectivity index (χ4n) is 3.87. The van der Waals surface area contributed by atoms with Gasteiger partial charge in [0.15, 0.2) is 0 Å². The number of aryl methyl sites for hydroxylation is 1. The molecule has 0 saturated heterocycles. The molecule has 0 aliphatic heterocycles. The van der Waals surface area contributed by atoms with Gasteiger partial charge in [-0.3, -0.25) is 0 Å². The summed E-state index contributed by atoms with van der Waals surface area (Å²) in [5, 5.41) is 9.40. The molecule has 2 heterocycles. The van der Waals surface area contributed by atoms with Crippen LogP contribution in [0.4, 0.5) is 10.5 Å². The Morgan fingerprint density at radius 2 is 1.88 bits per heavy atom. The number of anilines is 1. The van der Waals surface area contributed by atoms with Crippen molar-refractivity contribution in [3.63, 3.8) is 0 Å². The highest BCUT2D eigenvalue weighted by Gasteiger charge is 2.19. The van der Waals surface area contributed by atoms with Gasteiger partial charge in [0.2, 0.25) is 0 Å². The van der Waals surface area contributed by atoms with Gasteiger partial charge < -0.3 is 24.7 Å². The van der Waals surface area contributed by atoms with Gasteiger partial charge in [-0.15, -0.1) is 11.3 Å². The van der Waals surface area contributed by atoms with Crippen molar-refractivity contribution in [2.24, 2.45) is 0 Å². The van der Waals surface area contributed by atoms with Crippen LogP contribution in [0.1, 0.15) is 12.5 Å². The van der Waals surface area contributed by atoms with Crippen molar-refractivity contribution in [2.75, 3.05) is 19.5 Å². The number of rotatable bonds is 7. The van der Waals surface area contributed by atoms with Crippen LogP contribution < -0.4 is 20.1 Å². The van der Waals surface area contributed by atoms with Gasteiger partial charge in [-0.25, -0.2) is 4.79 Å². The first kappa shape index (κ1) is 22.0. The Kier molecular flexibility index (Phi) is 6.58. The van der Waals surface area contributed by atoms with Crippen molar-refractivity contribution in [3.8, 4) is 22.1 Å². The van der Waals surface area contributed by atoms with Crippen LogP contribution in [0.2, 0.25) is 5.02 Å². The molecule has 6 nitrogen and oxygen atoms in total. The van der Waals surface area contributed by atoms with Crippen LogP contribution >= 0.6 is 22.9 Å². The molecule has 2 N–H and O–H groups in total. The number of hydrogen-bond acceptors (Lipinski definition) is 4. The quantitative estimate of drug-likeness (QED) is 0.330. The molecule has 0 spiro atoms. The van der Waals surface area contributed by atoms with Gasteiger partial charge in [0.05, 0.1) is 35.5 Å². The lowest BCUT2D eigenvalue weighted by Crippen LogP contribution is -2.28. The van der Waals surface area contributed by atoms with E-state index in [1.165, 1.54) is 19.1 Å². The highest BCUT2D eigenvalue weighted by molar-refractivity contribution is 7.13. The van der Waals surface area contributed by atoms with Crippen molar-refractivity contribution >= 4 is 45.6 Å². The third-order valence-electron chi connectivity index (χ3n) is 5.29. The van der Waals surface area contributed by atoms with E-state index in [4.69, 9.17) is 21.1 Å². The smallest absolute Gasteiger partial charge is 0.319 e. The molecule has 166 valence electrons. The Balaban J connectivity index is 1.62. The summed E-state index contributed by atoms with van der Waals surface area (Å²) in [5.41, 5.74) is 3.83. The Morgan fingerprint density at radius 3 is 2.56 bits per heavy atom. The van der Waals surface area contributed by atoms with Gasteiger partial charge in [-0.05, 0) is 30.5 Å². The predicted molar refractivity (Wildman–Crippen MR) is 131 cm³/mol. The van der Waals surface area contributed by atoms with Gasteiger partial charge in [0.1, 0.15) is 11.5 Å². The van der Waals surface area contributed by atoms with Gasteiger partial charge in [0, 0.05) is 35.6 Å². The van der Waals surface area contributed by atoms with Crippen molar-refractivity contribution < 1.29 is 14.3 Å². The first-order valence-electron chi connectivity index (χ1n) is 10.2. The molecule has 0 aliphatic carbocycles. The van der Waals surface area contributed by atoms with E-state index in [9.17, 15) is 4.79 Å². The van der Waals surface area contributed by atoms with Crippen LogP contribution in [-0.4, -0.2) is 24.8 Å². The number of ether oxygens (including phenoxy) is 2. The van der Waals surface area contributed by atoms with Gasteiger partial charge >= 0.3 is 6.03 Å². The second-order valence-corrected chi connectivity index (χ2v) is 8.42. The fraction of sp³-hybridized carbons (Fsp3) is 0.208. The summed E-state index contributed by atoms with van der Waals surface area (Å²) in [6.45, 7) is 3.34. The van der Waals surface area contributed by atoms with Gasteiger partial charge in [-0.1, -0.05) is 35.9 Å². The number of amides is 2. The second-order valence-electron chi connectivity index (χ2n) is 7.06. The molecule has 8 heteroatoms. The van der Waals surface area contributed by atoms with Crippen molar-refractivity contribution in [2.45, 2.75) is 20.0 Å². The molecule has 2 aromatic carbocycles. The standard InChI is InChI=1S/C24H24ClN3O3S/c1-4-28-19-9-6-5-8-15(19)16(23(28)22-10-7-11-32-22)14-26-24(29)27-18-12-17(25)20(30-2)13-21(18)31-3/h5-13H,4,14H2,1-3H3,(H2,26,27,29). The molecule has 0 unspecified atom stereocenters. The number of nitrogens with one attached hydrogen (secondary N) is 2. The number of fused-ring (bicyclic) bond motifs is 1. The zero-order chi connectivity index (χ0) is 22.7. The van der Waals surface area contributed by atoms with Crippen LogP contribution in [0, 0.1) is 0 Å². The normalized spacial score (nSPS) is 10.9. The summed E-state index contributed by atoms with van der Waals surface area (Å²) in [4.78, 5) is 13.9. The maximum absolute atomic E-state index is 12.8. The maximum atomic E-state index is 12.8. The highest BCUT2D eigenvalue weighted by atomic mass is 35.5. The first-order valence-corrected chi connectivity index (χ1v) is 11.4. The SMILES string of the molecule is CCn1c(-c2cccs2)c(CNC(=O)Nc2cc(Cl)c(OC)cc2OC)c2ccccc21. The average Bonchev–Trinajstić information content (AvgIpc) is 3.43. The minimum Gasteiger partial charge on any atom is -0.495 e. The zero-order valence-corrected chi connectivity index (χ0v) is 19.6. The summed E-state index contributed by atoms with van der Waals surface area (Å²) in [5.74, 6) is 0.936. The Morgan fingerprint density at radius 1 is 1.09 bits per heavy atom. The highest BCUT2D eigenvalue weighted by Crippen LogP contribution is 2.37. The molecular weight excluding hydrogens is 446 g/mol. The Hall–Kier alpha value is -3.16. The van der Waals surface area contributed by atoms with E-state index >= 15 is 0 Å². The maximum Gasteiger partial charge on any atom is 0.319 e. The summed E-state index contributed by atoms with van der Waals surface area (Å²) >= 11 is 7.91. The predicted octanol–water partition coefficient (Wildman–Crippen LogP) is 6.38. The number of halogens is 1. The summed E-state index contributed by atoms with van der Waals surface area (Å²) in [6.07, 6.45) is 0. The molecule has 0 saturated carbocycles. The van der Waals surface area contributed by atoms with E-state index in [0.717, 1.165) is 28.7 Å². The van der Waals surface area contributed by atoms with Crippen LogP contribution in [-0.2, 0) is 13.1 Å². The van der Waals surface area contributed by atoms with E-state index in [1.54, 1.807) is 23.5 Å². The van der Waals surface area contributed by atoms with E-state index in [2.05, 4.69) is 45.7 Å². The van der Waals surface area contributed by atoms with E-state index in [-0.39, 0.29) is 6.03 Å². The number of urea groups is 1. The van der Waals surface area contributed by atoms with Gasteiger partial charge in [-0.2, -0.15) is 0 Å². The average molecular weight is 470 g/mol. The lowest BCUT2D eigenvalue weighted by molar-refractivity contribution is 0.251. The minimum absolute atomic E-state index is 0.352. The summed E-state index contributed by atoms with van der Waals surface area (Å²) in [7, 11) is 3.05. The molecule has 0 radical (unpaired) electrons. The number of methoxy groups -OCH3 is 2. The number of carbonyl (C=O) groups is 1. The summed E-state index contributed by atoms with van der Waals surface area (Å²) < 4.78 is 12.9. The Labute approximate surface area is 195 Å². The lowest BCUT2D eigenvalue weighted by Gasteiger charge is -2.14. The molecule has 2 aromatic heterocycles. The molecule has 0 fully saturated rings. The number of nitrogens with zero attached hydrogens (tertiary/aromatic N) is 1. The first-order chi connectivity index (χ1) is 15.6. The third-order valence-corrected chi connectivity index (χ3v) is 6.47. The second kappa shape index (κ2) is 9.54. The molecule has 2 amide bonds. The van der Waals surface area contributed by atoms with Crippen LogP contribution in [0.5, 0.6) is 11.5 Å². The van der Waals surface area contributed by atoms with Crippen molar-refractivity contribution in [1.29, 1.82) is 0 Å². The van der Waals surface area contributed by atoms with E-state index in [1.807, 2.05) is 18.2 Å². The van der Waals surface area contributed by atoms with Gasteiger partial charge in [0.25, 0.3) is 0 Å². The molecule has 0 aliphatic rings. The number of benzene rings is 2. The monoisotopic (exact) mass is 469 g/mol. The molecular formula is C24H24ClN3O3S. The zero-order valence-electron chi connectivity index (χ0n) is 18.1. The topological polar surface area (TPSA) is 64.5 Å². The third kappa shape index (κ3) is 4.13. The van der Waals surface area contributed by atoms with Crippen LogP contribution in [0.25, 0.3) is 21.5 Å². The number of carbonyl (C=O) groups excluding carboxylic acids is 1. The van der Waals surface area contributed by atoms with Crippen molar-refractivity contribution in [3.05, 3.63) is 64.5 Å². The van der Waals surface area contributed by atoms with Crippen LogP contribution in [0.3, 0.4) is 0 Å². The number of hydrogen-bond donors (Lipinski definition) is 2. The lowest BCUT2D eigenvalue weighted by atomic mass is 10.1. The number of para-hydroxylation sites is 1. The minimum atomic E-state index is -0.352. The Bertz CT molecular complexity index is 1250. The van der Waals surface area contributed by atoms with Crippen LogP contribution in [0.15, 0.2) is 53.9 Å². The molecule has 0 atom stereocenters. The largest absolute Gasteiger partial charge is 0.495 e. The number of aromatic nitrogens is 1. The molecule has 4 rings (SSSR count). The van der Waals surface area contributed by atoms with E-state index < -0.39 is 0 Å². The molecule has 4 aromatic rings. The number of thiophene rings is 1. The summed E-state index contributed by atoms with van der Waals surface area (Å²) in [6, 6.07) is 15.3. The fourth-order valence-corrected chi connectivity index (χ4v) is 4.92. The molecule has 32 heavy (non-hydrogen) atoms. The van der Waals surface area contributed by atoms with E-state index in [0.29, 0.717) is 28.8 Å².